The van der Waals surface area contributed by atoms with Crippen LogP contribution in [0.3, 0.4) is 0 Å². The van der Waals surface area contributed by atoms with E-state index in [0.717, 1.165) is 12.8 Å². The lowest BCUT2D eigenvalue weighted by Crippen LogP contribution is -2.33. The van der Waals surface area contributed by atoms with E-state index < -0.39 is 11.6 Å². The Morgan fingerprint density at radius 2 is 2.31 bits per heavy atom. The van der Waals surface area contributed by atoms with Crippen molar-refractivity contribution in [3.8, 4) is 0 Å². The molecule has 1 N–H and O–H groups in total. The fraction of sp³-hybridized carbons (Fsp3) is 0.900. The Labute approximate surface area is 78.1 Å². The molecule has 2 fully saturated rings. The first-order chi connectivity index (χ1) is 6.06. The van der Waals surface area contributed by atoms with Gasteiger partial charge in [-0.15, -0.1) is 0 Å². The maximum absolute atomic E-state index is 10.9. The number of hydrogen-bond acceptors (Lipinski definition) is 2. The zero-order valence-electron chi connectivity index (χ0n) is 8.12. The fourth-order valence-electron chi connectivity index (χ4n) is 2.37. The molecule has 0 aromatic rings. The molecule has 3 atom stereocenters. The highest BCUT2D eigenvalue weighted by molar-refractivity contribution is 5.81. The van der Waals surface area contributed by atoms with Gasteiger partial charge in [0.05, 0.1) is 6.10 Å². The van der Waals surface area contributed by atoms with Crippen molar-refractivity contribution < 1.29 is 14.6 Å². The van der Waals surface area contributed by atoms with E-state index in [1.54, 1.807) is 0 Å². The average molecular weight is 184 g/mol. The Balaban J connectivity index is 1.99. The number of carboxylic acids is 1. The van der Waals surface area contributed by atoms with Gasteiger partial charge in [-0.25, -0.2) is 4.79 Å². The topological polar surface area (TPSA) is 49.8 Å². The van der Waals surface area contributed by atoms with E-state index in [9.17, 15) is 4.79 Å². The van der Waals surface area contributed by atoms with Crippen molar-refractivity contribution in [1.82, 2.24) is 0 Å². The molecule has 2 rings (SSSR count). The molecule has 1 unspecified atom stereocenters. The van der Waals surface area contributed by atoms with Gasteiger partial charge in [0.2, 0.25) is 0 Å². The number of epoxide rings is 1. The molecule has 1 aliphatic heterocycles. The lowest BCUT2D eigenvalue weighted by Gasteiger charge is -2.25. The first kappa shape index (κ1) is 9.00. The molecule has 0 aromatic carbocycles. The first-order valence-electron chi connectivity index (χ1n) is 4.97. The van der Waals surface area contributed by atoms with E-state index in [1.807, 2.05) is 0 Å². The summed E-state index contributed by atoms with van der Waals surface area (Å²) in [6, 6.07) is 0. The van der Waals surface area contributed by atoms with Gasteiger partial charge in [-0.3, -0.25) is 0 Å². The molecule has 0 radical (unpaired) electrons. The van der Waals surface area contributed by atoms with E-state index in [2.05, 4.69) is 13.8 Å². The molecule has 1 aliphatic carbocycles. The van der Waals surface area contributed by atoms with Crippen LogP contribution in [0.15, 0.2) is 0 Å². The van der Waals surface area contributed by atoms with Crippen molar-refractivity contribution in [2.24, 2.45) is 11.8 Å². The maximum Gasteiger partial charge on any atom is 0.338 e. The van der Waals surface area contributed by atoms with Gasteiger partial charge >= 0.3 is 5.97 Å². The van der Waals surface area contributed by atoms with Crippen LogP contribution in [-0.2, 0) is 9.53 Å². The van der Waals surface area contributed by atoms with E-state index in [1.165, 1.54) is 0 Å². The Kier molecular flexibility index (Phi) is 1.88. The summed E-state index contributed by atoms with van der Waals surface area (Å²) in [5, 5.41) is 8.94. The maximum atomic E-state index is 10.9. The quantitative estimate of drug-likeness (QED) is 0.664. The second-order valence-electron chi connectivity index (χ2n) is 4.58. The van der Waals surface area contributed by atoms with Crippen LogP contribution in [-0.4, -0.2) is 22.8 Å². The average Bonchev–Trinajstić information content (AvgIpc) is 2.77. The highest BCUT2D eigenvalue weighted by Crippen LogP contribution is 2.51. The zero-order chi connectivity index (χ0) is 9.64. The first-order valence-corrected chi connectivity index (χ1v) is 4.97. The summed E-state index contributed by atoms with van der Waals surface area (Å²) in [4.78, 5) is 10.9. The molecule has 3 nitrogen and oxygen atoms in total. The fourth-order valence-corrected chi connectivity index (χ4v) is 2.37. The summed E-state index contributed by atoms with van der Waals surface area (Å²) in [6.07, 6.45) is 2.64. The second-order valence-corrected chi connectivity index (χ2v) is 4.58. The van der Waals surface area contributed by atoms with Gasteiger partial charge in [0.15, 0.2) is 5.60 Å². The third-order valence-corrected chi connectivity index (χ3v) is 3.52. The van der Waals surface area contributed by atoms with Gasteiger partial charge in [0.1, 0.15) is 0 Å². The van der Waals surface area contributed by atoms with E-state index in [4.69, 9.17) is 9.84 Å². The zero-order valence-corrected chi connectivity index (χ0v) is 8.12. The van der Waals surface area contributed by atoms with Crippen LogP contribution < -0.4 is 0 Å². The summed E-state index contributed by atoms with van der Waals surface area (Å²) >= 11 is 0. The normalized spacial score (nSPS) is 43.0. The molecule has 2 aliphatic rings. The molecule has 1 saturated heterocycles. The lowest BCUT2D eigenvalue weighted by molar-refractivity contribution is -0.143. The van der Waals surface area contributed by atoms with E-state index in [0.29, 0.717) is 18.3 Å². The van der Waals surface area contributed by atoms with Crippen LogP contribution in [0.2, 0.25) is 0 Å². The molecular weight excluding hydrogens is 168 g/mol. The molecule has 74 valence electrons. The summed E-state index contributed by atoms with van der Waals surface area (Å²) < 4.78 is 5.31. The van der Waals surface area contributed by atoms with Crippen LogP contribution in [0.4, 0.5) is 0 Å². The summed E-state index contributed by atoms with van der Waals surface area (Å²) in [5.41, 5.74) is -0.772. The molecule has 0 amide bonds. The van der Waals surface area contributed by atoms with Crippen molar-refractivity contribution in [2.45, 2.75) is 44.8 Å². The lowest BCUT2D eigenvalue weighted by atomic mass is 9.77. The molecular formula is C10H16O3. The van der Waals surface area contributed by atoms with Crippen LogP contribution in [0.5, 0.6) is 0 Å². The minimum absolute atomic E-state index is 0.00569. The Morgan fingerprint density at radius 3 is 2.77 bits per heavy atom. The predicted molar refractivity (Wildman–Crippen MR) is 47.4 cm³/mol. The van der Waals surface area contributed by atoms with Gasteiger partial charge in [-0.1, -0.05) is 13.8 Å². The number of fused-ring (bicyclic) bond motifs is 1. The molecule has 1 heterocycles. The minimum Gasteiger partial charge on any atom is -0.479 e. The largest absolute Gasteiger partial charge is 0.479 e. The summed E-state index contributed by atoms with van der Waals surface area (Å²) in [6.45, 7) is 4.39. The Bertz CT molecular complexity index is 236. The molecule has 13 heavy (non-hydrogen) atoms. The molecule has 0 bridgehead atoms. The van der Waals surface area contributed by atoms with Crippen LogP contribution >= 0.6 is 0 Å². The molecule has 1 saturated carbocycles. The predicted octanol–water partition coefficient (Wildman–Crippen LogP) is 1.66. The standard InChI is InChI=1S/C10H16O3/c1-6(2)7-3-4-10(9(11)12)8(5-7)13-10/h6-8H,3-5H2,1-2H3,(H,11,12)/t7-,8?,10-/m0/s1. The van der Waals surface area contributed by atoms with Crippen molar-refractivity contribution in [1.29, 1.82) is 0 Å². The van der Waals surface area contributed by atoms with Gasteiger partial charge in [0, 0.05) is 0 Å². The van der Waals surface area contributed by atoms with Crippen molar-refractivity contribution in [3.63, 3.8) is 0 Å². The highest BCUT2D eigenvalue weighted by atomic mass is 16.6. The SMILES string of the molecule is CC(C)[C@H]1CC[C@]2(C(=O)O)OC2C1. The van der Waals surface area contributed by atoms with Crippen LogP contribution in [0.25, 0.3) is 0 Å². The third kappa shape index (κ3) is 1.26. The molecule has 0 spiro atoms. The monoisotopic (exact) mass is 184 g/mol. The Morgan fingerprint density at radius 1 is 1.62 bits per heavy atom. The number of ether oxygens (including phenoxy) is 1. The van der Waals surface area contributed by atoms with Gasteiger partial charge in [0.25, 0.3) is 0 Å². The second kappa shape index (κ2) is 2.71. The smallest absolute Gasteiger partial charge is 0.338 e. The molecule has 0 aromatic heterocycles. The van der Waals surface area contributed by atoms with Crippen molar-refractivity contribution >= 4 is 5.97 Å². The van der Waals surface area contributed by atoms with E-state index in [-0.39, 0.29) is 6.10 Å². The third-order valence-electron chi connectivity index (χ3n) is 3.52. The van der Waals surface area contributed by atoms with Gasteiger partial charge < -0.3 is 9.84 Å². The van der Waals surface area contributed by atoms with E-state index >= 15 is 0 Å². The number of rotatable bonds is 2. The van der Waals surface area contributed by atoms with Crippen molar-refractivity contribution in [3.05, 3.63) is 0 Å². The van der Waals surface area contributed by atoms with Crippen molar-refractivity contribution in [2.75, 3.05) is 0 Å². The van der Waals surface area contributed by atoms with Crippen LogP contribution in [0.1, 0.15) is 33.1 Å². The number of carbonyl (C=O) groups is 1. The Hall–Kier alpha value is -0.570. The minimum atomic E-state index is -0.772. The van der Waals surface area contributed by atoms with Gasteiger partial charge in [-0.2, -0.15) is 0 Å². The number of carboxylic acid groups (broad SMARTS) is 1. The highest BCUT2D eigenvalue weighted by Gasteiger charge is 2.64. The molecule has 3 heteroatoms. The van der Waals surface area contributed by atoms with Gasteiger partial charge in [-0.05, 0) is 31.1 Å². The number of aliphatic carboxylic acids is 1. The summed E-state index contributed by atoms with van der Waals surface area (Å²) in [5.74, 6) is 0.538. The summed E-state index contributed by atoms with van der Waals surface area (Å²) in [7, 11) is 0. The van der Waals surface area contributed by atoms with Crippen LogP contribution in [0, 0.1) is 11.8 Å². The number of hydrogen-bond donors (Lipinski definition) is 1.